The van der Waals surface area contributed by atoms with Crippen LogP contribution in [-0.4, -0.2) is 57.7 Å². The quantitative estimate of drug-likeness (QED) is 0.793. The van der Waals surface area contributed by atoms with Crippen molar-refractivity contribution in [2.75, 3.05) is 24.4 Å². The lowest BCUT2D eigenvalue weighted by Crippen LogP contribution is -2.47. The Bertz CT molecular complexity index is 289. The Morgan fingerprint density at radius 2 is 2.35 bits per heavy atom. The maximum absolute atomic E-state index is 11.8. The molecule has 0 saturated carbocycles. The van der Waals surface area contributed by atoms with Gasteiger partial charge in [-0.15, -0.1) is 11.8 Å². The second kappa shape index (κ2) is 7.00. The summed E-state index contributed by atoms with van der Waals surface area (Å²) in [5.74, 6) is 0.00725. The van der Waals surface area contributed by atoms with Gasteiger partial charge in [0, 0.05) is 17.5 Å². The maximum atomic E-state index is 11.8. The van der Waals surface area contributed by atoms with Crippen LogP contribution >= 0.6 is 23.5 Å². The van der Waals surface area contributed by atoms with Gasteiger partial charge in [-0.25, -0.2) is 9.59 Å². The van der Waals surface area contributed by atoms with Crippen LogP contribution < -0.4 is 5.32 Å². The number of carbonyl (C=O) groups is 2. The van der Waals surface area contributed by atoms with E-state index in [1.807, 2.05) is 6.26 Å². The van der Waals surface area contributed by atoms with Crippen molar-refractivity contribution >= 4 is 35.5 Å². The van der Waals surface area contributed by atoms with Crippen molar-refractivity contribution in [1.82, 2.24) is 10.2 Å². The number of rotatable bonds is 5. The van der Waals surface area contributed by atoms with E-state index < -0.39 is 12.0 Å². The molecule has 1 fully saturated rings. The van der Waals surface area contributed by atoms with Gasteiger partial charge in [0.05, 0.1) is 5.88 Å². The number of amides is 2. The molecule has 0 radical (unpaired) electrons. The number of urea groups is 1. The SMILES string of the molecule is CSC(C)CCNC(=O)N1CSC[C@H]1C(=O)O. The Labute approximate surface area is 110 Å². The fourth-order valence-corrected chi connectivity index (χ4v) is 2.95. The summed E-state index contributed by atoms with van der Waals surface area (Å²) in [6, 6.07) is -0.950. The van der Waals surface area contributed by atoms with Gasteiger partial charge in [0.1, 0.15) is 6.04 Å². The monoisotopic (exact) mass is 278 g/mol. The molecule has 0 bridgehead atoms. The van der Waals surface area contributed by atoms with Gasteiger partial charge in [-0.1, -0.05) is 6.92 Å². The van der Waals surface area contributed by atoms with E-state index in [9.17, 15) is 9.59 Å². The number of nitrogens with one attached hydrogen (secondary N) is 1. The average molecular weight is 278 g/mol. The Hall–Kier alpha value is -0.560. The van der Waals surface area contributed by atoms with Gasteiger partial charge < -0.3 is 15.3 Å². The minimum absolute atomic E-state index is 0.268. The second-order valence-corrected chi connectivity index (χ2v) is 6.17. The summed E-state index contributed by atoms with van der Waals surface area (Å²) in [6.45, 7) is 2.69. The molecule has 2 amide bonds. The molecule has 0 spiro atoms. The minimum Gasteiger partial charge on any atom is -0.480 e. The molecular formula is C10H18N2O3S2. The molecule has 0 aromatic rings. The number of nitrogens with zero attached hydrogens (tertiary/aromatic N) is 1. The van der Waals surface area contributed by atoms with E-state index >= 15 is 0 Å². The number of thioether (sulfide) groups is 2. The van der Waals surface area contributed by atoms with E-state index in [1.165, 1.54) is 16.7 Å². The zero-order valence-corrected chi connectivity index (χ0v) is 11.6. The summed E-state index contributed by atoms with van der Waals surface area (Å²) in [5.41, 5.74) is 0. The van der Waals surface area contributed by atoms with Crippen LogP contribution in [-0.2, 0) is 4.79 Å². The molecule has 7 heteroatoms. The molecule has 1 aliphatic rings. The van der Waals surface area contributed by atoms with Crippen molar-refractivity contribution in [2.24, 2.45) is 0 Å². The lowest BCUT2D eigenvalue weighted by Gasteiger charge is -2.21. The molecule has 1 unspecified atom stereocenters. The van der Waals surface area contributed by atoms with Crippen molar-refractivity contribution in [3.05, 3.63) is 0 Å². The lowest BCUT2D eigenvalue weighted by atomic mass is 10.3. The first kappa shape index (κ1) is 14.5. The fraction of sp³-hybridized carbons (Fsp3) is 0.800. The predicted octanol–water partition coefficient (Wildman–Crippen LogP) is 1.30. The van der Waals surface area contributed by atoms with Crippen molar-refractivity contribution < 1.29 is 14.7 Å². The average Bonchev–Trinajstić information content (AvgIpc) is 2.77. The number of carbonyl (C=O) groups excluding carboxylic acids is 1. The van der Waals surface area contributed by atoms with Crippen LogP contribution in [0, 0.1) is 0 Å². The Morgan fingerprint density at radius 3 is 2.94 bits per heavy atom. The van der Waals surface area contributed by atoms with Crippen molar-refractivity contribution in [3.8, 4) is 0 Å². The van der Waals surface area contributed by atoms with E-state index in [0.717, 1.165) is 6.42 Å². The molecule has 2 N–H and O–H groups in total. The molecule has 98 valence electrons. The normalized spacial score (nSPS) is 21.3. The largest absolute Gasteiger partial charge is 0.480 e. The summed E-state index contributed by atoms with van der Waals surface area (Å²) < 4.78 is 0. The van der Waals surface area contributed by atoms with Crippen LogP contribution in [0.25, 0.3) is 0 Å². The number of hydrogen-bond acceptors (Lipinski definition) is 4. The predicted molar refractivity (Wildman–Crippen MR) is 71.6 cm³/mol. The first-order chi connectivity index (χ1) is 8.06. The van der Waals surface area contributed by atoms with E-state index in [0.29, 0.717) is 23.4 Å². The van der Waals surface area contributed by atoms with Gasteiger partial charge in [-0.05, 0) is 12.7 Å². The summed E-state index contributed by atoms with van der Waals surface area (Å²) in [5, 5.41) is 12.2. The molecule has 2 atom stereocenters. The van der Waals surface area contributed by atoms with Crippen LogP contribution in [0.1, 0.15) is 13.3 Å². The van der Waals surface area contributed by atoms with Gasteiger partial charge in [-0.3, -0.25) is 0 Å². The highest BCUT2D eigenvalue weighted by Gasteiger charge is 2.34. The molecule has 1 saturated heterocycles. The van der Waals surface area contributed by atoms with Crippen molar-refractivity contribution in [3.63, 3.8) is 0 Å². The summed E-state index contributed by atoms with van der Waals surface area (Å²) in [6.07, 6.45) is 2.93. The molecular weight excluding hydrogens is 260 g/mol. The zero-order valence-electron chi connectivity index (χ0n) is 10.0. The molecule has 1 heterocycles. The first-order valence-corrected chi connectivity index (χ1v) is 7.88. The van der Waals surface area contributed by atoms with Gasteiger partial charge in [0.15, 0.2) is 0 Å². The zero-order chi connectivity index (χ0) is 12.8. The van der Waals surface area contributed by atoms with Crippen molar-refractivity contribution in [2.45, 2.75) is 24.6 Å². The second-order valence-electron chi connectivity index (χ2n) is 3.89. The molecule has 17 heavy (non-hydrogen) atoms. The van der Waals surface area contributed by atoms with Crippen molar-refractivity contribution in [1.29, 1.82) is 0 Å². The van der Waals surface area contributed by atoms with E-state index in [-0.39, 0.29) is 6.03 Å². The Morgan fingerprint density at radius 1 is 1.65 bits per heavy atom. The summed E-state index contributed by atoms with van der Waals surface area (Å²) >= 11 is 3.22. The van der Waals surface area contributed by atoms with Crippen LogP contribution in [0.3, 0.4) is 0 Å². The van der Waals surface area contributed by atoms with Gasteiger partial charge >= 0.3 is 12.0 Å². The Balaban J connectivity index is 2.34. The molecule has 1 aliphatic heterocycles. The highest BCUT2D eigenvalue weighted by molar-refractivity contribution is 7.99. The number of carboxylic acids is 1. The third-order valence-electron chi connectivity index (χ3n) is 2.66. The van der Waals surface area contributed by atoms with Gasteiger partial charge in [0.2, 0.25) is 0 Å². The minimum atomic E-state index is -0.928. The summed E-state index contributed by atoms with van der Waals surface area (Å²) in [7, 11) is 0. The molecule has 0 aromatic carbocycles. The number of carboxylic acid groups (broad SMARTS) is 1. The standard InChI is InChI=1S/C10H18N2O3S2/c1-7(16-2)3-4-11-10(15)12-6-17-5-8(12)9(13)14/h7-8H,3-6H2,1-2H3,(H,11,15)(H,13,14)/t7?,8-/m0/s1. The van der Waals surface area contributed by atoms with Crippen LogP contribution in [0.15, 0.2) is 0 Å². The molecule has 0 aliphatic carbocycles. The first-order valence-electron chi connectivity index (χ1n) is 5.44. The van der Waals surface area contributed by atoms with Gasteiger partial charge in [0.25, 0.3) is 0 Å². The van der Waals surface area contributed by atoms with E-state index in [2.05, 4.69) is 12.2 Å². The van der Waals surface area contributed by atoms with Crippen LogP contribution in [0.4, 0.5) is 4.79 Å². The van der Waals surface area contributed by atoms with Crippen LogP contribution in [0.2, 0.25) is 0 Å². The van der Waals surface area contributed by atoms with E-state index in [4.69, 9.17) is 5.11 Å². The summed E-state index contributed by atoms with van der Waals surface area (Å²) in [4.78, 5) is 24.1. The highest BCUT2D eigenvalue weighted by atomic mass is 32.2. The molecule has 5 nitrogen and oxygen atoms in total. The smallest absolute Gasteiger partial charge is 0.327 e. The lowest BCUT2D eigenvalue weighted by molar-refractivity contribution is -0.140. The maximum Gasteiger partial charge on any atom is 0.327 e. The van der Waals surface area contributed by atoms with E-state index in [1.54, 1.807) is 11.8 Å². The Kier molecular flexibility index (Phi) is 5.97. The number of aliphatic carboxylic acids is 1. The third kappa shape index (κ3) is 4.31. The van der Waals surface area contributed by atoms with Crippen LogP contribution in [0.5, 0.6) is 0 Å². The fourth-order valence-electron chi connectivity index (χ4n) is 1.45. The highest BCUT2D eigenvalue weighted by Crippen LogP contribution is 2.20. The molecule has 1 rings (SSSR count). The topological polar surface area (TPSA) is 69.6 Å². The third-order valence-corrected chi connectivity index (χ3v) is 4.71. The van der Waals surface area contributed by atoms with Gasteiger partial charge in [-0.2, -0.15) is 11.8 Å². The number of hydrogen-bond donors (Lipinski definition) is 2. The molecule has 0 aromatic heterocycles.